The standard InChI is InChI=1S/C18H38O2S/c1-5-8-9-10-11-12-14-17(15-13-16-21)18(4,19-6-2)20-7-3/h17,21H,5-16H2,1-4H3/t17-/m1/s1. The molecule has 2 nitrogen and oxygen atoms in total. The van der Waals surface area contributed by atoms with Gasteiger partial charge in [-0.05, 0) is 45.8 Å². The van der Waals surface area contributed by atoms with Crippen LogP contribution in [-0.4, -0.2) is 24.8 Å². The Labute approximate surface area is 138 Å². The molecule has 0 aliphatic carbocycles. The van der Waals surface area contributed by atoms with Crippen LogP contribution in [0.15, 0.2) is 0 Å². The van der Waals surface area contributed by atoms with E-state index < -0.39 is 5.79 Å². The van der Waals surface area contributed by atoms with Crippen LogP contribution in [0, 0.1) is 5.92 Å². The summed E-state index contributed by atoms with van der Waals surface area (Å²) in [6.07, 6.45) is 11.6. The molecule has 0 radical (unpaired) electrons. The van der Waals surface area contributed by atoms with E-state index >= 15 is 0 Å². The van der Waals surface area contributed by atoms with Crippen molar-refractivity contribution in [3.05, 3.63) is 0 Å². The molecule has 0 unspecified atom stereocenters. The lowest BCUT2D eigenvalue weighted by Gasteiger charge is -2.37. The van der Waals surface area contributed by atoms with E-state index in [1.807, 2.05) is 0 Å². The smallest absolute Gasteiger partial charge is 0.168 e. The van der Waals surface area contributed by atoms with Crippen LogP contribution >= 0.6 is 12.6 Å². The minimum absolute atomic E-state index is 0.421. The summed E-state index contributed by atoms with van der Waals surface area (Å²) in [5.74, 6) is 1.01. The van der Waals surface area contributed by atoms with Gasteiger partial charge >= 0.3 is 0 Å². The highest BCUT2D eigenvalue weighted by Gasteiger charge is 2.34. The monoisotopic (exact) mass is 318 g/mol. The van der Waals surface area contributed by atoms with Gasteiger partial charge in [-0.25, -0.2) is 0 Å². The first kappa shape index (κ1) is 21.3. The molecule has 0 aromatic heterocycles. The van der Waals surface area contributed by atoms with E-state index in [2.05, 4.69) is 40.3 Å². The average Bonchev–Trinajstić information content (AvgIpc) is 2.46. The number of hydrogen-bond donors (Lipinski definition) is 1. The zero-order chi connectivity index (χ0) is 16.0. The van der Waals surface area contributed by atoms with E-state index in [9.17, 15) is 0 Å². The molecule has 0 aliphatic rings. The Hall–Kier alpha value is 0.270. The summed E-state index contributed by atoms with van der Waals surface area (Å²) in [6.45, 7) is 9.92. The molecule has 0 N–H and O–H groups in total. The summed E-state index contributed by atoms with van der Waals surface area (Å²) in [4.78, 5) is 0. The Kier molecular flexibility index (Phi) is 14.1. The maximum atomic E-state index is 5.98. The third-order valence-corrected chi connectivity index (χ3v) is 4.54. The van der Waals surface area contributed by atoms with Crippen molar-refractivity contribution in [1.29, 1.82) is 0 Å². The normalized spacial score (nSPS) is 13.6. The highest BCUT2D eigenvalue weighted by molar-refractivity contribution is 7.80. The average molecular weight is 319 g/mol. The van der Waals surface area contributed by atoms with Crippen LogP contribution < -0.4 is 0 Å². The van der Waals surface area contributed by atoms with E-state index in [0.29, 0.717) is 19.1 Å². The van der Waals surface area contributed by atoms with Gasteiger partial charge < -0.3 is 9.47 Å². The first-order chi connectivity index (χ1) is 10.1. The summed E-state index contributed by atoms with van der Waals surface area (Å²) in [6, 6.07) is 0. The summed E-state index contributed by atoms with van der Waals surface area (Å²) >= 11 is 4.36. The van der Waals surface area contributed by atoms with Gasteiger partial charge in [0.05, 0.1) is 0 Å². The Morgan fingerprint density at radius 3 is 1.86 bits per heavy atom. The molecule has 0 heterocycles. The molecule has 21 heavy (non-hydrogen) atoms. The summed E-state index contributed by atoms with van der Waals surface area (Å²) < 4.78 is 12.0. The van der Waals surface area contributed by atoms with Gasteiger partial charge in [0.15, 0.2) is 5.79 Å². The van der Waals surface area contributed by atoms with Gasteiger partial charge in [-0.2, -0.15) is 12.6 Å². The maximum Gasteiger partial charge on any atom is 0.168 e. The van der Waals surface area contributed by atoms with Crippen LogP contribution in [0.2, 0.25) is 0 Å². The lowest BCUT2D eigenvalue weighted by molar-refractivity contribution is -0.254. The minimum Gasteiger partial charge on any atom is -0.350 e. The molecule has 1 atom stereocenters. The van der Waals surface area contributed by atoms with Gasteiger partial charge in [0.1, 0.15) is 0 Å². The number of unbranched alkanes of at least 4 members (excludes halogenated alkanes) is 5. The molecule has 0 aromatic carbocycles. The minimum atomic E-state index is -0.421. The molecule has 0 saturated heterocycles. The molecule has 0 bridgehead atoms. The lowest BCUT2D eigenvalue weighted by Crippen LogP contribution is -2.41. The third-order valence-electron chi connectivity index (χ3n) is 4.22. The van der Waals surface area contributed by atoms with E-state index in [0.717, 1.165) is 18.6 Å². The van der Waals surface area contributed by atoms with Crippen molar-refractivity contribution >= 4 is 12.6 Å². The molecule has 0 amide bonds. The molecule has 0 saturated carbocycles. The topological polar surface area (TPSA) is 18.5 Å². The van der Waals surface area contributed by atoms with Crippen molar-refractivity contribution < 1.29 is 9.47 Å². The van der Waals surface area contributed by atoms with Crippen molar-refractivity contribution in [2.24, 2.45) is 5.92 Å². The first-order valence-electron chi connectivity index (χ1n) is 9.03. The number of ether oxygens (including phenoxy) is 2. The van der Waals surface area contributed by atoms with Crippen molar-refractivity contribution in [1.82, 2.24) is 0 Å². The largest absolute Gasteiger partial charge is 0.350 e. The fourth-order valence-electron chi connectivity index (χ4n) is 3.03. The summed E-state index contributed by atoms with van der Waals surface area (Å²) in [5.41, 5.74) is 0. The SMILES string of the molecule is CCCCCCCC[C@H](CCCS)C(C)(OCC)OCC. The Morgan fingerprint density at radius 2 is 1.33 bits per heavy atom. The van der Waals surface area contributed by atoms with Gasteiger partial charge in [0.2, 0.25) is 0 Å². The molecule has 0 fully saturated rings. The molecule has 0 aliphatic heterocycles. The molecule has 0 rings (SSSR count). The van der Waals surface area contributed by atoms with Gasteiger partial charge in [0.25, 0.3) is 0 Å². The molecule has 3 heteroatoms. The van der Waals surface area contributed by atoms with Crippen molar-refractivity contribution in [3.63, 3.8) is 0 Å². The Balaban J connectivity index is 4.32. The molecule has 0 spiro atoms. The fourth-order valence-corrected chi connectivity index (χ4v) is 3.21. The van der Waals surface area contributed by atoms with Gasteiger partial charge in [0, 0.05) is 19.1 Å². The number of thiol groups is 1. The van der Waals surface area contributed by atoms with Gasteiger partial charge in [-0.3, -0.25) is 0 Å². The summed E-state index contributed by atoms with van der Waals surface area (Å²) in [5, 5.41) is 0. The lowest BCUT2D eigenvalue weighted by atomic mass is 9.88. The Morgan fingerprint density at radius 1 is 0.810 bits per heavy atom. The second-order valence-corrected chi connectivity index (χ2v) is 6.45. The van der Waals surface area contributed by atoms with Crippen molar-refractivity contribution in [3.8, 4) is 0 Å². The van der Waals surface area contributed by atoms with Crippen molar-refractivity contribution in [2.45, 2.75) is 91.3 Å². The van der Waals surface area contributed by atoms with Crippen LogP contribution in [-0.2, 0) is 9.47 Å². The maximum absolute atomic E-state index is 5.98. The van der Waals surface area contributed by atoms with E-state index in [1.165, 1.54) is 44.9 Å². The van der Waals surface area contributed by atoms with Crippen LogP contribution in [0.1, 0.15) is 85.5 Å². The molecule has 0 aromatic rings. The quantitative estimate of drug-likeness (QED) is 0.232. The molecule has 128 valence electrons. The van der Waals surface area contributed by atoms with Gasteiger partial charge in [-0.1, -0.05) is 45.4 Å². The van der Waals surface area contributed by atoms with E-state index in [-0.39, 0.29) is 0 Å². The third kappa shape index (κ3) is 9.80. The molecular weight excluding hydrogens is 280 g/mol. The van der Waals surface area contributed by atoms with E-state index in [1.54, 1.807) is 0 Å². The first-order valence-corrected chi connectivity index (χ1v) is 9.66. The summed E-state index contributed by atoms with van der Waals surface area (Å²) in [7, 11) is 0. The van der Waals surface area contributed by atoms with Gasteiger partial charge in [-0.15, -0.1) is 0 Å². The van der Waals surface area contributed by atoms with Crippen LogP contribution in [0.25, 0.3) is 0 Å². The highest BCUT2D eigenvalue weighted by Crippen LogP contribution is 2.32. The molecular formula is C18H38O2S. The number of hydrogen-bond acceptors (Lipinski definition) is 3. The zero-order valence-corrected chi connectivity index (χ0v) is 15.7. The van der Waals surface area contributed by atoms with Crippen molar-refractivity contribution in [2.75, 3.05) is 19.0 Å². The van der Waals surface area contributed by atoms with Crippen LogP contribution in [0.5, 0.6) is 0 Å². The van der Waals surface area contributed by atoms with E-state index in [4.69, 9.17) is 9.47 Å². The fraction of sp³-hybridized carbons (Fsp3) is 1.00. The zero-order valence-electron chi connectivity index (χ0n) is 14.8. The van der Waals surface area contributed by atoms with Crippen LogP contribution in [0.4, 0.5) is 0 Å². The number of rotatable bonds is 15. The predicted molar refractivity (Wildman–Crippen MR) is 96.2 cm³/mol. The second-order valence-electron chi connectivity index (χ2n) is 6.00. The van der Waals surface area contributed by atoms with Crippen LogP contribution in [0.3, 0.4) is 0 Å². The highest BCUT2D eigenvalue weighted by atomic mass is 32.1. The predicted octanol–water partition coefficient (Wildman–Crippen LogP) is 5.85. The Bertz CT molecular complexity index is 215. The second kappa shape index (κ2) is 13.9.